The molecule has 0 unspecified atom stereocenters. The maximum absolute atomic E-state index is 5.36. The summed E-state index contributed by atoms with van der Waals surface area (Å²) < 4.78 is 0. The first-order valence-corrected chi connectivity index (χ1v) is 2.20. The third kappa shape index (κ3) is 7.51. The van der Waals surface area contributed by atoms with E-state index >= 15 is 0 Å². The number of nitrogen functional groups attached to an aromatic ring is 1. The molecule has 0 heterocycles. The van der Waals surface area contributed by atoms with E-state index in [0.717, 1.165) is 5.69 Å². The molecule has 2 N–H and O–H groups in total. The van der Waals surface area contributed by atoms with Crippen LogP contribution in [0.3, 0.4) is 0 Å². The first kappa shape index (κ1) is 17.5. The molecule has 0 atom stereocenters. The Morgan fingerprint density at radius 2 is 1.30 bits per heavy atom. The van der Waals surface area contributed by atoms with Gasteiger partial charge in [0.2, 0.25) is 0 Å². The molecule has 0 spiro atoms. The predicted octanol–water partition coefficient (Wildman–Crippen LogP) is -5.10. The van der Waals surface area contributed by atoms with Crippen LogP contribution in [0.25, 0.3) is 0 Å². The summed E-state index contributed by atoms with van der Waals surface area (Å²) in [5.74, 6) is 0. The third-order valence-corrected chi connectivity index (χ3v) is 0.800. The maximum Gasteiger partial charge on any atom is 2.00 e. The van der Waals surface area contributed by atoms with E-state index < -0.39 is 0 Å². The average molecular weight is 554 g/mol. The van der Waals surface area contributed by atoms with Crippen LogP contribution in [-0.4, -0.2) is 27.3 Å². The molecule has 54 valence electrons. The fourth-order valence-electron chi connectivity index (χ4n) is 0.453. The molecule has 0 aliphatic rings. The van der Waals surface area contributed by atoms with Crippen LogP contribution in [-0.2, 0) is 0 Å². The molecule has 1 aromatic carbocycles. The van der Waals surface area contributed by atoms with Crippen molar-refractivity contribution >= 4 is 33.0 Å². The summed E-state index contributed by atoms with van der Waals surface area (Å²) in [6.45, 7) is 0. The fraction of sp³-hybridized carbons (Fsp3) is 0. The maximum atomic E-state index is 5.36. The SMILES string of the molecule is Nc1ccccc1.[I-].[I-].[Pb+2]. The van der Waals surface area contributed by atoms with E-state index in [1.54, 1.807) is 0 Å². The monoisotopic (exact) mass is 555 g/mol. The van der Waals surface area contributed by atoms with E-state index in [9.17, 15) is 0 Å². The number of para-hydroxylation sites is 1. The number of nitrogens with two attached hydrogens (primary N) is 1. The van der Waals surface area contributed by atoms with E-state index in [1.807, 2.05) is 30.3 Å². The Bertz CT molecular complexity index is 146. The Labute approximate surface area is 115 Å². The van der Waals surface area contributed by atoms with E-state index in [0.29, 0.717) is 0 Å². The normalized spacial score (nSPS) is 6.00. The van der Waals surface area contributed by atoms with Gasteiger partial charge >= 0.3 is 27.3 Å². The van der Waals surface area contributed by atoms with Crippen molar-refractivity contribution in [2.24, 2.45) is 0 Å². The summed E-state index contributed by atoms with van der Waals surface area (Å²) in [5.41, 5.74) is 6.18. The summed E-state index contributed by atoms with van der Waals surface area (Å²) in [6.07, 6.45) is 0. The topological polar surface area (TPSA) is 26.0 Å². The van der Waals surface area contributed by atoms with E-state index in [1.165, 1.54) is 0 Å². The number of rotatable bonds is 0. The molecule has 4 heteroatoms. The summed E-state index contributed by atoms with van der Waals surface area (Å²) in [4.78, 5) is 0. The van der Waals surface area contributed by atoms with Gasteiger partial charge in [0.25, 0.3) is 0 Å². The smallest absolute Gasteiger partial charge is 1.00 e. The second kappa shape index (κ2) is 10.4. The molecule has 1 nitrogen and oxygen atoms in total. The van der Waals surface area contributed by atoms with Crippen LogP contribution in [0.5, 0.6) is 0 Å². The van der Waals surface area contributed by atoms with Gasteiger partial charge in [-0.15, -0.1) is 0 Å². The van der Waals surface area contributed by atoms with Crippen molar-refractivity contribution in [2.75, 3.05) is 5.73 Å². The van der Waals surface area contributed by atoms with Crippen molar-refractivity contribution in [1.82, 2.24) is 0 Å². The Morgan fingerprint density at radius 3 is 1.50 bits per heavy atom. The summed E-state index contributed by atoms with van der Waals surface area (Å²) in [6, 6.07) is 9.49. The van der Waals surface area contributed by atoms with Crippen molar-refractivity contribution in [1.29, 1.82) is 0 Å². The molecule has 0 bridgehead atoms. The van der Waals surface area contributed by atoms with Crippen LogP contribution in [0.2, 0.25) is 0 Å². The number of benzene rings is 1. The van der Waals surface area contributed by atoms with Crippen LogP contribution < -0.4 is 53.7 Å². The first-order chi connectivity index (χ1) is 3.39. The minimum atomic E-state index is 0. The van der Waals surface area contributed by atoms with Crippen LogP contribution in [0, 0.1) is 0 Å². The van der Waals surface area contributed by atoms with Crippen molar-refractivity contribution in [3.63, 3.8) is 0 Å². The minimum Gasteiger partial charge on any atom is -1.00 e. The van der Waals surface area contributed by atoms with Crippen molar-refractivity contribution in [2.45, 2.75) is 0 Å². The minimum absolute atomic E-state index is 0. The van der Waals surface area contributed by atoms with Gasteiger partial charge in [0.15, 0.2) is 0 Å². The van der Waals surface area contributed by atoms with Crippen LogP contribution in [0.1, 0.15) is 0 Å². The zero-order valence-electron chi connectivity index (χ0n) is 5.22. The first-order valence-electron chi connectivity index (χ1n) is 2.20. The van der Waals surface area contributed by atoms with Gasteiger partial charge in [-0.3, -0.25) is 0 Å². The molecule has 0 fully saturated rings. The van der Waals surface area contributed by atoms with Crippen LogP contribution >= 0.6 is 0 Å². The molecule has 0 aromatic heterocycles. The van der Waals surface area contributed by atoms with Crippen molar-refractivity contribution in [3.8, 4) is 0 Å². The molecule has 1 rings (SSSR count). The second-order valence-corrected chi connectivity index (χ2v) is 1.41. The zero-order chi connectivity index (χ0) is 5.11. The quantitative estimate of drug-likeness (QED) is 0.194. The molecule has 0 saturated carbocycles. The van der Waals surface area contributed by atoms with Crippen molar-refractivity contribution < 1.29 is 48.0 Å². The van der Waals surface area contributed by atoms with Gasteiger partial charge in [-0.1, -0.05) is 18.2 Å². The number of anilines is 1. The van der Waals surface area contributed by atoms with Gasteiger partial charge in [0, 0.05) is 5.69 Å². The fourth-order valence-corrected chi connectivity index (χ4v) is 0.453. The predicted molar refractivity (Wildman–Crippen MR) is 36.6 cm³/mol. The van der Waals surface area contributed by atoms with Gasteiger partial charge in [-0.2, -0.15) is 0 Å². The van der Waals surface area contributed by atoms with Gasteiger partial charge in [0.1, 0.15) is 0 Å². The Balaban J connectivity index is -0.000000163. The van der Waals surface area contributed by atoms with Gasteiger partial charge in [-0.05, 0) is 12.1 Å². The Hall–Kier alpha value is 1.40. The molecular formula is C6H7I2NPb. The summed E-state index contributed by atoms with van der Waals surface area (Å²) >= 11 is 0. The number of halogens is 2. The van der Waals surface area contributed by atoms with Crippen molar-refractivity contribution in [3.05, 3.63) is 30.3 Å². The van der Waals surface area contributed by atoms with Gasteiger partial charge < -0.3 is 53.7 Å². The van der Waals surface area contributed by atoms with Gasteiger partial charge in [0.05, 0.1) is 0 Å². The summed E-state index contributed by atoms with van der Waals surface area (Å²) in [5, 5.41) is 0. The Morgan fingerprint density at radius 1 is 0.900 bits per heavy atom. The summed E-state index contributed by atoms with van der Waals surface area (Å²) in [7, 11) is 0. The Kier molecular flexibility index (Phi) is 18.2. The molecule has 0 aliphatic carbocycles. The van der Waals surface area contributed by atoms with Crippen LogP contribution in [0.15, 0.2) is 30.3 Å². The average Bonchev–Trinajstić information content (AvgIpc) is 1.69. The largest absolute Gasteiger partial charge is 2.00 e. The second-order valence-electron chi connectivity index (χ2n) is 1.41. The molecule has 0 amide bonds. The number of hydrogen-bond donors (Lipinski definition) is 1. The zero-order valence-corrected chi connectivity index (χ0v) is 13.4. The standard InChI is InChI=1S/C6H7N.2HI.Pb/c7-6-4-2-1-3-5-6;;;/h1-5H,7H2;2*1H;/q;;;+2/p-2. The molecule has 0 aliphatic heterocycles. The van der Waals surface area contributed by atoms with Gasteiger partial charge in [-0.25, -0.2) is 0 Å². The molecule has 1 aromatic rings. The molecule has 2 radical (unpaired) electrons. The van der Waals surface area contributed by atoms with E-state index in [4.69, 9.17) is 5.73 Å². The van der Waals surface area contributed by atoms with E-state index in [2.05, 4.69) is 0 Å². The molecular weight excluding hydrogens is 547 g/mol. The number of hydrogen-bond acceptors (Lipinski definition) is 1. The third-order valence-electron chi connectivity index (χ3n) is 0.800. The molecule has 10 heavy (non-hydrogen) atoms. The van der Waals surface area contributed by atoms with E-state index in [-0.39, 0.29) is 75.3 Å². The van der Waals surface area contributed by atoms with Crippen LogP contribution in [0.4, 0.5) is 5.69 Å². The molecule has 0 saturated heterocycles.